The molecule has 0 aliphatic heterocycles. The van der Waals surface area contributed by atoms with Gasteiger partial charge < -0.3 is 15.4 Å². The van der Waals surface area contributed by atoms with Crippen LogP contribution in [-0.4, -0.2) is 19.6 Å². The number of methoxy groups -OCH3 is 1. The molecule has 0 spiro atoms. The molecule has 2 aromatic carbocycles. The van der Waals surface area contributed by atoms with Crippen LogP contribution in [0.4, 0.5) is 24.5 Å². The molecule has 0 saturated carbocycles. The van der Waals surface area contributed by atoms with Crippen LogP contribution in [0, 0.1) is 0 Å². The van der Waals surface area contributed by atoms with E-state index >= 15 is 0 Å². The summed E-state index contributed by atoms with van der Waals surface area (Å²) in [5.74, 6) is 0.0115. The first-order valence-electron chi connectivity index (χ1n) is 7.34. The van der Waals surface area contributed by atoms with Gasteiger partial charge >= 0.3 is 6.18 Å². The third-order valence-electron chi connectivity index (χ3n) is 3.34. The van der Waals surface area contributed by atoms with Crippen LogP contribution in [0.25, 0.3) is 0 Å². The maximum Gasteiger partial charge on any atom is 0.418 e. The first-order chi connectivity index (χ1) is 11.8. The minimum atomic E-state index is -4.53. The molecule has 0 aromatic heterocycles. The van der Waals surface area contributed by atoms with Crippen molar-refractivity contribution < 1.29 is 22.7 Å². The number of halogens is 4. The van der Waals surface area contributed by atoms with Crippen molar-refractivity contribution in [1.29, 1.82) is 0 Å². The van der Waals surface area contributed by atoms with E-state index in [1.54, 1.807) is 18.2 Å². The molecule has 0 radical (unpaired) electrons. The highest BCUT2D eigenvalue weighted by molar-refractivity contribution is 6.30. The molecule has 2 rings (SSSR count). The summed E-state index contributed by atoms with van der Waals surface area (Å²) in [7, 11) is 1.50. The van der Waals surface area contributed by atoms with E-state index in [0.717, 1.165) is 6.07 Å². The SMILES string of the molecule is COc1ccc(Cl)cc1NCCC(=O)Nc1ccccc1C(F)(F)F. The molecule has 0 saturated heterocycles. The number of ether oxygens (including phenoxy) is 1. The van der Waals surface area contributed by atoms with E-state index in [2.05, 4.69) is 10.6 Å². The van der Waals surface area contributed by atoms with Crippen molar-refractivity contribution in [3.05, 3.63) is 53.1 Å². The van der Waals surface area contributed by atoms with Gasteiger partial charge in [0.15, 0.2) is 0 Å². The topological polar surface area (TPSA) is 50.4 Å². The molecule has 0 bridgehead atoms. The smallest absolute Gasteiger partial charge is 0.418 e. The molecule has 25 heavy (non-hydrogen) atoms. The second-order valence-electron chi connectivity index (χ2n) is 5.11. The highest BCUT2D eigenvalue weighted by atomic mass is 35.5. The summed E-state index contributed by atoms with van der Waals surface area (Å²) < 4.78 is 43.9. The minimum Gasteiger partial charge on any atom is -0.495 e. The van der Waals surface area contributed by atoms with Crippen LogP contribution in [-0.2, 0) is 11.0 Å². The first-order valence-corrected chi connectivity index (χ1v) is 7.72. The van der Waals surface area contributed by atoms with Crippen LogP contribution >= 0.6 is 11.6 Å². The number of carbonyl (C=O) groups excluding carboxylic acids is 1. The van der Waals surface area contributed by atoms with Crippen molar-refractivity contribution in [2.45, 2.75) is 12.6 Å². The van der Waals surface area contributed by atoms with Crippen molar-refractivity contribution in [2.75, 3.05) is 24.3 Å². The Bertz CT molecular complexity index is 751. The molecule has 0 heterocycles. The quantitative estimate of drug-likeness (QED) is 0.765. The van der Waals surface area contributed by atoms with Gasteiger partial charge in [-0.15, -0.1) is 0 Å². The zero-order valence-corrected chi connectivity index (χ0v) is 14.0. The van der Waals surface area contributed by atoms with Crippen molar-refractivity contribution in [2.24, 2.45) is 0 Å². The molecule has 0 aliphatic rings. The predicted molar refractivity (Wildman–Crippen MR) is 91.2 cm³/mol. The first kappa shape index (κ1) is 18.9. The van der Waals surface area contributed by atoms with Gasteiger partial charge in [-0.2, -0.15) is 13.2 Å². The largest absolute Gasteiger partial charge is 0.495 e. The normalized spacial score (nSPS) is 11.1. The van der Waals surface area contributed by atoms with Gasteiger partial charge in [-0.3, -0.25) is 4.79 Å². The lowest BCUT2D eigenvalue weighted by Crippen LogP contribution is -2.19. The van der Waals surface area contributed by atoms with Crippen LogP contribution < -0.4 is 15.4 Å². The molecule has 0 atom stereocenters. The van der Waals surface area contributed by atoms with Gasteiger partial charge in [-0.1, -0.05) is 23.7 Å². The lowest BCUT2D eigenvalue weighted by molar-refractivity contribution is -0.137. The van der Waals surface area contributed by atoms with Crippen LogP contribution in [0.3, 0.4) is 0 Å². The Morgan fingerprint density at radius 3 is 2.56 bits per heavy atom. The Labute approximate surface area is 147 Å². The second kappa shape index (κ2) is 8.11. The van der Waals surface area contributed by atoms with E-state index in [1.165, 1.54) is 25.3 Å². The highest BCUT2D eigenvalue weighted by Crippen LogP contribution is 2.34. The van der Waals surface area contributed by atoms with Crippen LogP contribution in [0.1, 0.15) is 12.0 Å². The summed E-state index contributed by atoms with van der Waals surface area (Å²) in [6, 6.07) is 9.80. The van der Waals surface area contributed by atoms with Gasteiger partial charge in [0, 0.05) is 18.0 Å². The zero-order valence-electron chi connectivity index (χ0n) is 13.3. The Morgan fingerprint density at radius 1 is 1.16 bits per heavy atom. The maximum absolute atomic E-state index is 12.9. The lowest BCUT2D eigenvalue weighted by atomic mass is 10.1. The Kier molecular flexibility index (Phi) is 6.14. The molecule has 2 N–H and O–H groups in total. The summed E-state index contributed by atoms with van der Waals surface area (Å²) in [5, 5.41) is 5.75. The minimum absolute atomic E-state index is 0.0259. The summed E-state index contributed by atoms with van der Waals surface area (Å²) in [4.78, 5) is 11.9. The van der Waals surface area contributed by atoms with E-state index in [1.807, 2.05) is 0 Å². The summed E-state index contributed by atoms with van der Waals surface area (Å²) >= 11 is 5.90. The molecule has 0 unspecified atom stereocenters. The van der Waals surface area contributed by atoms with Crippen molar-refractivity contribution in [3.8, 4) is 5.75 Å². The van der Waals surface area contributed by atoms with Gasteiger partial charge in [-0.25, -0.2) is 0 Å². The van der Waals surface area contributed by atoms with Gasteiger partial charge in [-0.05, 0) is 30.3 Å². The standard InChI is InChI=1S/C17H16ClF3N2O2/c1-25-15-7-6-11(18)10-14(15)22-9-8-16(24)23-13-5-3-2-4-12(13)17(19,20)21/h2-7,10,22H,8-9H2,1H3,(H,23,24). The molecule has 1 amide bonds. The second-order valence-corrected chi connectivity index (χ2v) is 5.55. The van der Waals surface area contributed by atoms with E-state index in [-0.39, 0.29) is 18.7 Å². The van der Waals surface area contributed by atoms with Gasteiger partial charge in [0.1, 0.15) is 5.75 Å². The number of para-hydroxylation sites is 1. The number of hydrogen-bond acceptors (Lipinski definition) is 3. The molecular weight excluding hydrogens is 357 g/mol. The van der Waals surface area contributed by atoms with Crippen LogP contribution in [0.2, 0.25) is 5.02 Å². The van der Waals surface area contributed by atoms with Crippen molar-refractivity contribution in [1.82, 2.24) is 0 Å². The predicted octanol–water partition coefficient (Wildman–Crippen LogP) is 4.81. The summed E-state index contributed by atoms with van der Waals surface area (Å²) in [6.45, 7) is 0.205. The molecule has 0 fully saturated rings. The molecule has 8 heteroatoms. The molecule has 4 nitrogen and oxygen atoms in total. The molecule has 2 aromatic rings. The number of anilines is 2. The maximum atomic E-state index is 12.9. The van der Waals surface area contributed by atoms with Gasteiger partial charge in [0.25, 0.3) is 0 Å². The Hall–Kier alpha value is -2.41. The number of hydrogen-bond donors (Lipinski definition) is 2. The summed E-state index contributed by atoms with van der Waals surface area (Å²) in [6.07, 6.45) is -4.56. The molecule has 134 valence electrons. The fraction of sp³-hybridized carbons (Fsp3) is 0.235. The van der Waals surface area contributed by atoms with Crippen LogP contribution in [0.15, 0.2) is 42.5 Å². The van der Waals surface area contributed by atoms with Crippen molar-refractivity contribution in [3.63, 3.8) is 0 Å². The number of amides is 1. The van der Waals surface area contributed by atoms with E-state index in [4.69, 9.17) is 16.3 Å². The number of alkyl halides is 3. The Morgan fingerprint density at radius 2 is 1.88 bits per heavy atom. The number of nitrogens with one attached hydrogen (secondary N) is 2. The van der Waals surface area contributed by atoms with Gasteiger partial charge in [0.05, 0.1) is 24.0 Å². The fourth-order valence-corrected chi connectivity index (χ4v) is 2.35. The Balaban J connectivity index is 1.95. The lowest BCUT2D eigenvalue weighted by Gasteiger charge is -2.14. The summed E-state index contributed by atoms with van der Waals surface area (Å²) in [5.41, 5.74) is -0.549. The number of carbonyl (C=O) groups is 1. The fourth-order valence-electron chi connectivity index (χ4n) is 2.18. The number of benzene rings is 2. The average molecular weight is 373 g/mol. The molecule has 0 aliphatic carbocycles. The number of rotatable bonds is 6. The third kappa shape index (κ3) is 5.29. The third-order valence-corrected chi connectivity index (χ3v) is 3.57. The van der Waals surface area contributed by atoms with E-state index in [9.17, 15) is 18.0 Å². The zero-order chi connectivity index (χ0) is 18.4. The van der Waals surface area contributed by atoms with E-state index in [0.29, 0.717) is 16.5 Å². The monoisotopic (exact) mass is 372 g/mol. The van der Waals surface area contributed by atoms with E-state index < -0.39 is 17.6 Å². The highest BCUT2D eigenvalue weighted by Gasteiger charge is 2.33. The molecular formula is C17H16ClF3N2O2. The average Bonchev–Trinajstić information content (AvgIpc) is 2.54. The van der Waals surface area contributed by atoms with Gasteiger partial charge in [0.2, 0.25) is 5.91 Å². The van der Waals surface area contributed by atoms with Crippen LogP contribution in [0.5, 0.6) is 5.75 Å². The van der Waals surface area contributed by atoms with Crippen molar-refractivity contribution >= 4 is 28.9 Å².